The molecule has 2 unspecified atom stereocenters. The largest absolute Gasteiger partial charge is 0.507 e. The van der Waals surface area contributed by atoms with Crippen molar-refractivity contribution in [2.75, 3.05) is 11.5 Å². The number of Topliss-reactive ketones (excluding diaryl/α,β-unsaturated/α-hetero) is 1. The van der Waals surface area contributed by atoms with E-state index in [0.29, 0.717) is 52.1 Å². The summed E-state index contributed by atoms with van der Waals surface area (Å²) in [5.41, 5.74) is 2.61. The zero-order chi connectivity index (χ0) is 30.4. The second kappa shape index (κ2) is 11.2. The van der Waals surface area contributed by atoms with E-state index in [9.17, 15) is 14.7 Å². The fourth-order valence-corrected chi connectivity index (χ4v) is 6.72. The first-order valence-corrected chi connectivity index (χ1v) is 15.2. The summed E-state index contributed by atoms with van der Waals surface area (Å²) >= 11 is 1.28. The van der Waals surface area contributed by atoms with Gasteiger partial charge in [0.15, 0.2) is 5.13 Å². The van der Waals surface area contributed by atoms with Gasteiger partial charge in [-0.25, -0.2) is 4.98 Å². The summed E-state index contributed by atoms with van der Waals surface area (Å²) in [5.74, 6) is 0.784. The summed E-state index contributed by atoms with van der Waals surface area (Å²) in [7, 11) is 0. The van der Waals surface area contributed by atoms with Gasteiger partial charge in [0.05, 0.1) is 28.4 Å². The Kier molecular flexibility index (Phi) is 7.02. The van der Waals surface area contributed by atoms with E-state index in [2.05, 4.69) is 0 Å². The number of aliphatic hydroxyl groups excluding tert-OH is 1. The van der Waals surface area contributed by atoms with Crippen LogP contribution in [-0.2, 0) is 16.0 Å². The maximum atomic E-state index is 13.8. The Morgan fingerprint density at radius 2 is 1.80 bits per heavy atom. The first kappa shape index (κ1) is 27.7. The molecular formula is C35H28N2O6S. The van der Waals surface area contributed by atoms with Gasteiger partial charge in [0.2, 0.25) is 0 Å². The van der Waals surface area contributed by atoms with Crippen LogP contribution in [0.4, 0.5) is 5.13 Å². The number of fused-ring (bicyclic) bond motifs is 2. The minimum absolute atomic E-state index is 0.0163. The number of hydrogen-bond acceptors (Lipinski definition) is 8. The molecule has 7 rings (SSSR count). The van der Waals surface area contributed by atoms with Crippen LogP contribution in [0.25, 0.3) is 16.0 Å². The molecule has 1 saturated heterocycles. The molecule has 4 aromatic carbocycles. The molecule has 2 aliphatic rings. The van der Waals surface area contributed by atoms with Crippen molar-refractivity contribution in [2.24, 2.45) is 0 Å². The molecule has 0 saturated carbocycles. The van der Waals surface area contributed by atoms with Crippen molar-refractivity contribution in [3.05, 3.63) is 113 Å². The van der Waals surface area contributed by atoms with Crippen LogP contribution in [0.5, 0.6) is 23.0 Å². The zero-order valence-corrected chi connectivity index (χ0v) is 24.8. The van der Waals surface area contributed by atoms with E-state index in [1.165, 1.54) is 16.2 Å². The van der Waals surface area contributed by atoms with Crippen LogP contribution in [-0.4, -0.2) is 34.5 Å². The van der Waals surface area contributed by atoms with Crippen molar-refractivity contribution in [1.82, 2.24) is 4.98 Å². The fourth-order valence-electron chi connectivity index (χ4n) is 5.70. The van der Waals surface area contributed by atoms with E-state index in [0.717, 1.165) is 16.0 Å². The number of anilines is 1. The molecule has 0 bridgehead atoms. The fraction of sp³-hybridized carbons (Fsp3) is 0.171. The van der Waals surface area contributed by atoms with Gasteiger partial charge in [0.1, 0.15) is 34.9 Å². The molecule has 1 fully saturated rings. The van der Waals surface area contributed by atoms with Crippen LogP contribution >= 0.6 is 11.3 Å². The molecule has 2 aliphatic heterocycles. The number of para-hydroxylation sites is 1. The number of thiazole rings is 1. The van der Waals surface area contributed by atoms with Gasteiger partial charge in [-0.1, -0.05) is 41.7 Å². The average Bonchev–Trinajstić information content (AvgIpc) is 3.69. The lowest BCUT2D eigenvalue weighted by Crippen LogP contribution is -2.29. The highest BCUT2D eigenvalue weighted by atomic mass is 32.1. The van der Waals surface area contributed by atoms with Gasteiger partial charge in [0.25, 0.3) is 5.78 Å². The number of carbonyl (C=O) groups is 2. The summed E-state index contributed by atoms with van der Waals surface area (Å²) < 4.78 is 18.4. The van der Waals surface area contributed by atoms with Crippen LogP contribution in [0, 0.1) is 0 Å². The Morgan fingerprint density at radius 3 is 2.61 bits per heavy atom. The van der Waals surface area contributed by atoms with Crippen molar-refractivity contribution in [2.45, 2.75) is 32.4 Å². The van der Waals surface area contributed by atoms with Crippen LogP contribution < -0.4 is 19.1 Å². The van der Waals surface area contributed by atoms with Crippen molar-refractivity contribution >= 4 is 44.1 Å². The quantitative estimate of drug-likeness (QED) is 0.117. The molecule has 1 amide bonds. The van der Waals surface area contributed by atoms with Crippen molar-refractivity contribution < 1.29 is 28.9 Å². The number of carbonyl (C=O) groups excluding carboxylic acids is 2. The van der Waals surface area contributed by atoms with Crippen LogP contribution in [0.15, 0.2) is 96.6 Å². The highest BCUT2D eigenvalue weighted by Crippen LogP contribution is 2.46. The lowest BCUT2D eigenvalue weighted by molar-refractivity contribution is -0.132. The third-order valence-corrected chi connectivity index (χ3v) is 8.65. The topological polar surface area (TPSA) is 98.2 Å². The second-order valence-corrected chi connectivity index (χ2v) is 11.7. The third-order valence-electron chi connectivity index (χ3n) is 7.63. The number of ether oxygens (including phenoxy) is 3. The number of nitrogens with zero attached hydrogens (tertiary/aromatic N) is 2. The summed E-state index contributed by atoms with van der Waals surface area (Å²) in [6, 6.07) is 26.4. The van der Waals surface area contributed by atoms with E-state index in [1.54, 1.807) is 30.3 Å². The Morgan fingerprint density at radius 1 is 0.977 bits per heavy atom. The number of aromatic nitrogens is 1. The molecule has 44 heavy (non-hydrogen) atoms. The van der Waals surface area contributed by atoms with Crippen molar-refractivity contribution in [3.63, 3.8) is 0 Å². The van der Waals surface area contributed by atoms with Gasteiger partial charge in [-0.3, -0.25) is 14.5 Å². The normalized spacial score (nSPS) is 18.8. The number of rotatable bonds is 7. The maximum absolute atomic E-state index is 13.8. The van der Waals surface area contributed by atoms with Gasteiger partial charge in [-0.05, 0) is 85.6 Å². The Hall–Kier alpha value is -5.15. The van der Waals surface area contributed by atoms with Crippen molar-refractivity contribution in [1.29, 1.82) is 0 Å². The first-order chi connectivity index (χ1) is 21.4. The number of amides is 1. The third kappa shape index (κ3) is 4.95. The lowest BCUT2D eigenvalue weighted by Gasteiger charge is -2.23. The Labute approximate surface area is 257 Å². The van der Waals surface area contributed by atoms with Gasteiger partial charge in [0, 0.05) is 12.0 Å². The molecule has 2 atom stereocenters. The second-order valence-electron chi connectivity index (χ2n) is 10.7. The van der Waals surface area contributed by atoms with Gasteiger partial charge in [-0.2, -0.15) is 0 Å². The summed E-state index contributed by atoms with van der Waals surface area (Å²) in [6.07, 6.45) is 0.699. The monoisotopic (exact) mass is 604 g/mol. The molecule has 5 aromatic rings. The average molecular weight is 605 g/mol. The van der Waals surface area contributed by atoms with E-state index < -0.39 is 17.7 Å². The van der Waals surface area contributed by atoms with E-state index in [1.807, 2.05) is 74.5 Å². The Bertz CT molecular complexity index is 1950. The minimum atomic E-state index is -0.954. The van der Waals surface area contributed by atoms with Gasteiger partial charge < -0.3 is 19.3 Å². The van der Waals surface area contributed by atoms with E-state index in [4.69, 9.17) is 19.2 Å². The molecule has 3 heterocycles. The predicted octanol–water partition coefficient (Wildman–Crippen LogP) is 7.44. The predicted molar refractivity (Wildman–Crippen MR) is 169 cm³/mol. The molecule has 8 nitrogen and oxygen atoms in total. The number of aliphatic hydroxyl groups is 1. The van der Waals surface area contributed by atoms with Gasteiger partial charge in [-0.15, -0.1) is 0 Å². The summed E-state index contributed by atoms with van der Waals surface area (Å²) in [5, 5.41) is 12.1. The smallest absolute Gasteiger partial charge is 0.301 e. The van der Waals surface area contributed by atoms with Crippen LogP contribution in [0.1, 0.15) is 36.6 Å². The number of benzene rings is 4. The maximum Gasteiger partial charge on any atom is 0.301 e. The zero-order valence-electron chi connectivity index (χ0n) is 24.0. The minimum Gasteiger partial charge on any atom is -0.507 e. The standard InChI is InChI=1S/C35H28N2O6S/c1-3-41-25-13-14-27-29(19-25)44-35(36-27)37-31(21-8-7-11-26(18-21)43-24-9-5-4-6-10-24)30(33(39)34(37)40)32(38)22-12-15-28-23(17-22)16-20(2)42-28/h4-15,17-20,31,38H,3,16H2,1-2H3. The molecule has 1 N–H and O–H groups in total. The Balaban J connectivity index is 1.37. The summed E-state index contributed by atoms with van der Waals surface area (Å²) in [4.78, 5) is 33.7. The molecule has 9 heteroatoms. The SMILES string of the molecule is CCOc1ccc2nc(N3C(=O)C(=O)C(=C(O)c4ccc5c(c4)CC(C)O5)C3c3cccc(Oc4ccccc4)c3)sc2c1. The summed E-state index contributed by atoms with van der Waals surface area (Å²) in [6.45, 7) is 4.40. The van der Waals surface area contributed by atoms with E-state index in [-0.39, 0.29) is 17.4 Å². The lowest BCUT2D eigenvalue weighted by atomic mass is 9.94. The van der Waals surface area contributed by atoms with Gasteiger partial charge >= 0.3 is 5.91 Å². The molecule has 0 aliphatic carbocycles. The van der Waals surface area contributed by atoms with Crippen molar-refractivity contribution in [3.8, 4) is 23.0 Å². The highest BCUT2D eigenvalue weighted by molar-refractivity contribution is 7.22. The number of hydrogen-bond donors (Lipinski definition) is 1. The first-order valence-electron chi connectivity index (χ1n) is 14.4. The molecule has 0 spiro atoms. The molecule has 220 valence electrons. The number of ketones is 1. The molecule has 0 radical (unpaired) electrons. The van der Waals surface area contributed by atoms with Crippen LogP contribution in [0.3, 0.4) is 0 Å². The molecule has 1 aromatic heterocycles. The highest BCUT2D eigenvalue weighted by Gasteiger charge is 2.48. The van der Waals surface area contributed by atoms with Crippen LogP contribution in [0.2, 0.25) is 0 Å². The van der Waals surface area contributed by atoms with E-state index >= 15 is 0 Å². The molecular weight excluding hydrogens is 576 g/mol.